The van der Waals surface area contributed by atoms with Crippen molar-refractivity contribution in [3.8, 4) is 5.75 Å². The third-order valence-electron chi connectivity index (χ3n) is 4.06. The minimum Gasteiger partial charge on any atom is -0.497 e. The minimum absolute atomic E-state index is 0.0122. The summed E-state index contributed by atoms with van der Waals surface area (Å²) < 4.78 is 5.16. The van der Waals surface area contributed by atoms with Crippen molar-refractivity contribution in [1.82, 2.24) is 15.0 Å². The molecule has 0 aliphatic heterocycles. The van der Waals surface area contributed by atoms with Crippen LogP contribution in [0.25, 0.3) is 0 Å². The van der Waals surface area contributed by atoms with Crippen molar-refractivity contribution < 1.29 is 9.84 Å². The average molecular weight is 344 g/mol. The Kier molecular flexibility index (Phi) is 5.84. The molecule has 0 saturated heterocycles. The summed E-state index contributed by atoms with van der Waals surface area (Å²) in [6.07, 6.45) is 4.73. The summed E-state index contributed by atoms with van der Waals surface area (Å²) in [5.41, 5.74) is 0.854. The van der Waals surface area contributed by atoms with E-state index < -0.39 is 0 Å². The molecule has 0 amide bonds. The van der Waals surface area contributed by atoms with Gasteiger partial charge >= 0.3 is 0 Å². The molecule has 8 heteroatoms. The second kappa shape index (κ2) is 8.48. The van der Waals surface area contributed by atoms with E-state index in [1.165, 1.54) is 12.8 Å². The van der Waals surface area contributed by atoms with Gasteiger partial charge in [-0.2, -0.15) is 15.0 Å². The van der Waals surface area contributed by atoms with Gasteiger partial charge in [-0.1, -0.05) is 12.8 Å². The molecule has 25 heavy (non-hydrogen) atoms. The van der Waals surface area contributed by atoms with E-state index in [-0.39, 0.29) is 6.61 Å². The normalized spacial score (nSPS) is 14.3. The maximum Gasteiger partial charge on any atom is 0.233 e. The molecule has 1 aliphatic rings. The van der Waals surface area contributed by atoms with Crippen LogP contribution in [0.4, 0.5) is 23.5 Å². The van der Waals surface area contributed by atoms with Gasteiger partial charge in [-0.3, -0.25) is 0 Å². The number of benzene rings is 1. The van der Waals surface area contributed by atoms with Gasteiger partial charge in [0.2, 0.25) is 17.8 Å². The van der Waals surface area contributed by atoms with Crippen LogP contribution in [0.5, 0.6) is 5.75 Å². The number of rotatable bonds is 8. The van der Waals surface area contributed by atoms with Crippen molar-refractivity contribution in [3.63, 3.8) is 0 Å². The van der Waals surface area contributed by atoms with Crippen LogP contribution in [0.1, 0.15) is 25.7 Å². The van der Waals surface area contributed by atoms with Gasteiger partial charge in [0.05, 0.1) is 13.7 Å². The van der Waals surface area contributed by atoms with Crippen LogP contribution in [0.15, 0.2) is 24.3 Å². The molecule has 4 N–H and O–H groups in total. The van der Waals surface area contributed by atoms with Crippen LogP contribution in [0.2, 0.25) is 0 Å². The molecule has 0 radical (unpaired) electrons. The topological polar surface area (TPSA) is 104 Å². The van der Waals surface area contributed by atoms with E-state index in [1.54, 1.807) is 7.11 Å². The average Bonchev–Trinajstić information content (AvgIpc) is 3.13. The first-order valence-corrected chi connectivity index (χ1v) is 8.55. The van der Waals surface area contributed by atoms with Crippen LogP contribution in [-0.4, -0.2) is 46.4 Å². The SMILES string of the molecule is COc1ccc(Nc2nc(NCCO)nc(NC3CCCC3)n2)cc1. The first-order valence-electron chi connectivity index (χ1n) is 8.55. The zero-order valence-electron chi connectivity index (χ0n) is 14.3. The fraction of sp³-hybridized carbons (Fsp3) is 0.471. The number of nitrogens with one attached hydrogen (secondary N) is 3. The molecule has 0 atom stereocenters. The third-order valence-corrected chi connectivity index (χ3v) is 4.06. The van der Waals surface area contributed by atoms with Crippen molar-refractivity contribution in [2.75, 3.05) is 36.2 Å². The predicted octanol–water partition coefficient (Wildman–Crippen LogP) is 2.38. The Balaban J connectivity index is 1.77. The summed E-state index contributed by atoms with van der Waals surface area (Å²) in [4.78, 5) is 13.2. The lowest BCUT2D eigenvalue weighted by Gasteiger charge is -2.14. The largest absolute Gasteiger partial charge is 0.497 e. The smallest absolute Gasteiger partial charge is 0.233 e. The number of aromatic nitrogens is 3. The highest BCUT2D eigenvalue weighted by Crippen LogP contribution is 2.23. The molecule has 8 nitrogen and oxygen atoms in total. The van der Waals surface area contributed by atoms with Crippen molar-refractivity contribution in [2.45, 2.75) is 31.7 Å². The number of nitrogens with zero attached hydrogens (tertiary/aromatic N) is 3. The monoisotopic (exact) mass is 344 g/mol. The van der Waals surface area contributed by atoms with Crippen LogP contribution < -0.4 is 20.7 Å². The van der Waals surface area contributed by atoms with Gasteiger partial charge < -0.3 is 25.8 Å². The molecular formula is C17H24N6O2. The molecule has 1 heterocycles. The van der Waals surface area contributed by atoms with E-state index in [4.69, 9.17) is 9.84 Å². The summed E-state index contributed by atoms with van der Waals surface area (Å²) in [5, 5.41) is 18.6. The van der Waals surface area contributed by atoms with E-state index >= 15 is 0 Å². The highest BCUT2D eigenvalue weighted by atomic mass is 16.5. The molecule has 1 saturated carbocycles. The van der Waals surface area contributed by atoms with Crippen molar-refractivity contribution in [2.24, 2.45) is 0 Å². The van der Waals surface area contributed by atoms with Crippen LogP contribution in [0.3, 0.4) is 0 Å². The molecular weight excluding hydrogens is 320 g/mol. The fourth-order valence-electron chi connectivity index (χ4n) is 2.80. The maximum absolute atomic E-state index is 9.00. The number of hydrogen-bond acceptors (Lipinski definition) is 8. The van der Waals surface area contributed by atoms with Crippen molar-refractivity contribution in [3.05, 3.63) is 24.3 Å². The van der Waals surface area contributed by atoms with Gasteiger partial charge in [0.15, 0.2) is 0 Å². The quantitative estimate of drug-likeness (QED) is 0.579. The number of hydrogen-bond donors (Lipinski definition) is 4. The van der Waals surface area contributed by atoms with E-state index in [0.717, 1.165) is 24.3 Å². The number of aliphatic hydroxyl groups excluding tert-OH is 1. The molecule has 0 bridgehead atoms. The van der Waals surface area contributed by atoms with Crippen molar-refractivity contribution in [1.29, 1.82) is 0 Å². The summed E-state index contributed by atoms with van der Waals surface area (Å²) in [7, 11) is 1.63. The summed E-state index contributed by atoms with van der Waals surface area (Å²) >= 11 is 0. The Bertz CT molecular complexity index is 673. The predicted molar refractivity (Wildman–Crippen MR) is 97.6 cm³/mol. The van der Waals surface area contributed by atoms with Gasteiger partial charge in [0, 0.05) is 18.3 Å². The van der Waals surface area contributed by atoms with Gasteiger partial charge in [-0.15, -0.1) is 0 Å². The molecule has 1 aliphatic carbocycles. The Morgan fingerprint density at radius 2 is 1.72 bits per heavy atom. The molecule has 3 rings (SSSR count). The van der Waals surface area contributed by atoms with Gasteiger partial charge in [0.25, 0.3) is 0 Å². The van der Waals surface area contributed by atoms with Gasteiger partial charge in [-0.25, -0.2) is 0 Å². The molecule has 1 fully saturated rings. The van der Waals surface area contributed by atoms with E-state index in [0.29, 0.717) is 30.4 Å². The van der Waals surface area contributed by atoms with Crippen molar-refractivity contribution >= 4 is 23.5 Å². The molecule has 1 aromatic heterocycles. The lowest BCUT2D eigenvalue weighted by Crippen LogP contribution is -2.19. The van der Waals surface area contributed by atoms with Gasteiger partial charge in [-0.05, 0) is 37.1 Å². The Morgan fingerprint density at radius 3 is 2.40 bits per heavy atom. The zero-order chi connectivity index (χ0) is 17.5. The van der Waals surface area contributed by atoms with E-state index in [9.17, 15) is 0 Å². The highest BCUT2D eigenvalue weighted by Gasteiger charge is 2.17. The Labute approximate surface area is 147 Å². The minimum atomic E-state index is 0.0122. The van der Waals surface area contributed by atoms with E-state index in [2.05, 4.69) is 30.9 Å². The van der Waals surface area contributed by atoms with Gasteiger partial charge in [0.1, 0.15) is 5.75 Å². The van der Waals surface area contributed by atoms with E-state index in [1.807, 2.05) is 24.3 Å². The third kappa shape index (κ3) is 4.93. The Hall–Kier alpha value is -2.61. The molecule has 1 aromatic carbocycles. The summed E-state index contributed by atoms with van der Waals surface area (Å²) in [6, 6.07) is 7.93. The summed E-state index contributed by atoms with van der Waals surface area (Å²) in [6.45, 7) is 0.396. The standard InChI is InChI=1S/C17H24N6O2/c1-25-14-8-6-13(7-9-14)20-17-22-15(18-10-11-24)21-16(23-17)19-12-4-2-3-5-12/h6-9,12,24H,2-5,10-11H2,1H3,(H3,18,19,20,21,22,23). The number of methoxy groups -OCH3 is 1. The first-order chi connectivity index (χ1) is 12.3. The number of aliphatic hydroxyl groups is 1. The molecule has 134 valence electrons. The van der Waals surface area contributed by atoms with Crippen LogP contribution in [-0.2, 0) is 0 Å². The van der Waals surface area contributed by atoms with Crippen LogP contribution >= 0.6 is 0 Å². The molecule has 2 aromatic rings. The molecule has 0 spiro atoms. The number of ether oxygens (including phenoxy) is 1. The fourth-order valence-corrected chi connectivity index (χ4v) is 2.80. The second-order valence-corrected chi connectivity index (χ2v) is 5.94. The highest BCUT2D eigenvalue weighted by molar-refractivity contribution is 5.56. The number of anilines is 4. The maximum atomic E-state index is 9.00. The Morgan fingerprint density at radius 1 is 1.04 bits per heavy atom. The lowest BCUT2D eigenvalue weighted by molar-refractivity contribution is 0.311. The first kappa shape index (κ1) is 17.2. The lowest BCUT2D eigenvalue weighted by atomic mass is 10.2. The van der Waals surface area contributed by atoms with Crippen LogP contribution in [0, 0.1) is 0 Å². The second-order valence-electron chi connectivity index (χ2n) is 5.94. The summed E-state index contributed by atoms with van der Waals surface area (Å²) in [5.74, 6) is 2.20. The molecule has 0 unspecified atom stereocenters. The zero-order valence-corrected chi connectivity index (χ0v) is 14.3.